The number of nitrogens with zero attached hydrogens (tertiary/aromatic N) is 2. The van der Waals surface area contributed by atoms with Crippen LogP contribution in [0.3, 0.4) is 0 Å². The summed E-state index contributed by atoms with van der Waals surface area (Å²) in [7, 11) is 0. The Labute approximate surface area is 200 Å². The number of anilines is 2. The van der Waals surface area contributed by atoms with Gasteiger partial charge in [0.1, 0.15) is 5.70 Å². The van der Waals surface area contributed by atoms with E-state index in [2.05, 4.69) is 15.0 Å². The molecule has 4 rings (SSSR count). The molecule has 0 unspecified atom stereocenters. The van der Waals surface area contributed by atoms with Crippen molar-refractivity contribution in [2.45, 2.75) is 6.36 Å². The molecule has 2 heterocycles. The molecule has 1 aliphatic heterocycles. The van der Waals surface area contributed by atoms with Crippen LogP contribution in [0.5, 0.6) is 5.75 Å². The number of carbonyl (C=O) groups excluding carboxylic acids is 2. The summed E-state index contributed by atoms with van der Waals surface area (Å²) in [5.41, 5.74) is 1.51. The maximum absolute atomic E-state index is 13.1. The second-order valence-electron chi connectivity index (χ2n) is 6.84. The molecule has 0 radical (unpaired) electrons. The van der Waals surface area contributed by atoms with Crippen LogP contribution in [-0.2, 0) is 9.59 Å². The second-order valence-corrected chi connectivity index (χ2v) is 8.56. The Morgan fingerprint density at radius 3 is 2.56 bits per heavy atom. The molecule has 0 atom stereocenters. The largest absolute Gasteiger partial charge is 0.573 e. The molecule has 1 aliphatic rings. The molecule has 34 heavy (non-hydrogen) atoms. The lowest BCUT2D eigenvalue weighted by atomic mass is 10.2. The van der Waals surface area contributed by atoms with Gasteiger partial charge in [-0.1, -0.05) is 42.1 Å². The molecule has 0 saturated heterocycles. The molecule has 3 aromatic rings. The third kappa shape index (κ3) is 5.86. The molecule has 174 valence electrons. The number of benzene rings is 2. The maximum atomic E-state index is 13.1. The van der Waals surface area contributed by atoms with Crippen molar-refractivity contribution in [1.82, 2.24) is 0 Å². The summed E-state index contributed by atoms with van der Waals surface area (Å²) in [5, 5.41) is 6.46. The van der Waals surface area contributed by atoms with Crippen LogP contribution in [0.2, 0.25) is 0 Å². The van der Waals surface area contributed by atoms with Crippen molar-refractivity contribution in [3.8, 4) is 5.75 Å². The summed E-state index contributed by atoms with van der Waals surface area (Å²) in [4.78, 5) is 31.4. The van der Waals surface area contributed by atoms with Crippen LogP contribution in [-0.4, -0.2) is 29.1 Å². The fourth-order valence-corrected chi connectivity index (χ4v) is 4.44. The van der Waals surface area contributed by atoms with Crippen LogP contribution in [0, 0.1) is 0 Å². The Morgan fingerprint density at radius 2 is 1.85 bits per heavy atom. The molecule has 2 aromatic carbocycles. The molecule has 0 bridgehead atoms. The Hall–Kier alpha value is -3.57. The third-order valence-electron chi connectivity index (χ3n) is 4.41. The number of nitrogens with one attached hydrogen (secondary N) is 1. The van der Waals surface area contributed by atoms with E-state index in [1.165, 1.54) is 34.4 Å². The number of alkyl halides is 3. The molecule has 2 amide bonds. The Morgan fingerprint density at radius 1 is 1.12 bits per heavy atom. The normalized spacial score (nSPS) is 14.9. The topological polar surface area (TPSA) is 71.0 Å². The fourth-order valence-electron chi connectivity index (χ4n) is 3.01. The predicted octanol–water partition coefficient (Wildman–Crippen LogP) is 5.76. The average Bonchev–Trinajstić information content (AvgIpc) is 3.41. The van der Waals surface area contributed by atoms with Crippen LogP contribution in [0.25, 0.3) is 6.08 Å². The summed E-state index contributed by atoms with van der Waals surface area (Å²) >= 11 is 2.48. The highest BCUT2D eigenvalue weighted by Gasteiger charge is 2.33. The first kappa shape index (κ1) is 23.6. The van der Waals surface area contributed by atoms with Gasteiger partial charge in [0, 0.05) is 0 Å². The SMILES string of the molecule is O=C(CSC1=N/C(=C/c2ccsc2)C(=O)N1c1ccccc1)Nc1ccccc1OC(F)(F)F. The average molecular weight is 504 g/mol. The highest BCUT2D eigenvalue weighted by atomic mass is 32.2. The molecule has 0 fully saturated rings. The number of ether oxygens (including phenoxy) is 1. The fraction of sp³-hybridized carbons (Fsp3) is 0.0870. The van der Waals surface area contributed by atoms with Crippen molar-refractivity contribution in [2.75, 3.05) is 16.0 Å². The number of aliphatic imine (C=N–C) groups is 1. The first-order chi connectivity index (χ1) is 16.3. The predicted molar refractivity (Wildman–Crippen MR) is 128 cm³/mol. The summed E-state index contributed by atoms with van der Waals surface area (Å²) in [6.45, 7) is 0. The van der Waals surface area contributed by atoms with Crippen LogP contribution in [0.1, 0.15) is 5.56 Å². The number of thioether (sulfide) groups is 1. The van der Waals surface area contributed by atoms with Crippen LogP contribution < -0.4 is 15.0 Å². The van der Waals surface area contributed by atoms with Gasteiger partial charge in [0.15, 0.2) is 10.9 Å². The summed E-state index contributed by atoms with van der Waals surface area (Å²) in [6.07, 6.45) is -3.23. The van der Waals surface area contributed by atoms with Gasteiger partial charge in [-0.15, -0.1) is 13.2 Å². The summed E-state index contributed by atoms with van der Waals surface area (Å²) in [5.74, 6) is -1.64. The Balaban J connectivity index is 1.51. The minimum Gasteiger partial charge on any atom is -0.404 e. The minimum absolute atomic E-state index is 0.118. The smallest absolute Gasteiger partial charge is 0.404 e. The minimum atomic E-state index is -4.89. The van der Waals surface area contributed by atoms with Gasteiger partial charge in [-0.3, -0.25) is 14.5 Å². The van der Waals surface area contributed by atoms with Gasteiger partial charge in [-0.05, 0) is 52.7 Å². The van der Waals surface area contributed by atoms with Crippen molar-refractivity contribution in [1.29, 1.82) is 0 Å². The standard InChI is InChI=1S/C23H16F3N3O3S2/c24-23(25,26)32-19-9-5-4-8-17(19)27-20(30)14-34-22-28-18(12-15-10-11-33-13-15)21(31)29(22)16-6-2-1-3-7-16/h1-13H,14H2,(H,27,30)/b18-12+. The van der Waals surface area contributed by atoms with E-state index in [-0.39, 0.29) is 28.2 Å². The van der Waals surface area contributed by atoms with Gasteiger partial charge >= 0.3 is 6.36 Å². The van der Waals surface area contributed by atoms with E-state index in [9.17, 15) is 22.8 Å². The van der Waals surface area contributed by atoms with Crippen molar-refractivity contribution >= 4 is 57.5 Å². The highest BCUT2D eigenvalue weighted by Crippen LogP contribution is 2.32. The Kier molecular flexibility index (Phi) is 7.03. The van der Waals surface area contributed by atoms with Gasteiger partial charge in [-0.25, -0.2) is 4.99 Å². The van der Waals surface area contributed by atoms with Crippen LogP contribution >= 0.6 is 23.1 Å². The van der Waals surface area contributed by atoms with E-state index in [0.717, 1.165) is 23.4 Å². The third-order valence-corrected chi connectivity index (χ3v) is 6.05. The van der Waals surface area contributed by atoms with Crippen molar-refractivity contribution in [3.05, 3.63) is 82.7 Å². The monoisotopic (exact) mass is 503 g/mol. The van der Waals surface area contributed by atoms with E-state index >= 15 is 0 Å². The van der Waals surface area contributed by atoms with Crippen molar-refractivity contribution < 1.29 is 27.5 Å². The van der Waals surface area contributed by atoms with E-state index in [1.54, 1.807) is 30.3 Å². The van der Waals surface area contributed by atoms with Gasteiger partial charge in [0.25, 0.3) is 5.91 Å². The number of hydrogen-bond donors (Lipinski definition) is 1. The number of amides is 2. The number of rotatable bonds is 6. The molecular formula is C23H16F3N3O3S2. The van der Waals surface area contributed by atoms with Gasteiger partial charge < -0.3 is 10.1 Å². The van der Waals surface area contributed by atoms with E-state index in [4.69, 9.17) is 0 Å². The maximum Gasteiger partial charge on any atom is 0.573 e. The zero-order chi connectivity index (χ0) is 24.1. The van der Waals surface area contributed by atoms with E-state index in [1.807, 2.05) is 22.9 Å². The van der Waals surface area contributed by atoms with Gasteiger partial charge in [0.2, 0.25) is 5.91 Å². The first-order valence-electron chi connectivity index (χ1n) is 9.80. The number of amidine groups is 1. The number of hydrogen-bond acceptors (Lipinski definition) is 6. The molecule has 0 aliphatic carbocycles. The van der Waals surface area contributed by atoms with Crippen molar-refractivity contribution in [3.63, 3.8) is 0 Å². The number of carbonyl (C=O) groups is 2. The van der Waals surface area contributed by atoms with Gasteiger partial charge in [-0.2, -0.15) is 11.3 Å². The molecule has 0 saturated carbocycles. The zero-order valence-corrected chi connectivity index (χ0v) is 18.9. The van der Waals surface area contributed by atoms with Crippen LogP contribution in [0.4, 0.5) is 24.5 Å². The lowest BCUT2D eigenvalue weighted by molar-refractivity contribution is -0.274. The van der Waals surface area contributed by atoms with Crippen LogP contribution in [0.15, 0.2) is 82.1 Å². The molecule has 1 N–H and O–H groups in total. The number of thiophene rings is 1. The Bertz CT molecular complexity index is 1240. The lowest BCUT2D eigenvalue weighted by Crippen LogP contribution is -2.31. The lowest BCUT2D eigenvalue weighted by Gasteiger charge is -2.18. The van der Waals surface area contributed by atoms with E-state index in [0.29, 0.717) is 5.69 Å². The molecular weight excluding hydrogens is 487 g/mol. The quantitative estimate of drug-likeness (QED) is 0.434. The van der Waals surface area contributed by atoms with Crippen molar-refractivity contribution in [2.24, 2.45) is 4.99 Å². The summed E-state index contributed by atoms with van der Waals surface area (Å²) < 4.78 is 41.8. The molecule has 1 aromatic heterocycles. The zero-order valence-electron chi connectivity index (χ0n) is 17.3. The highest BCUT2D eigenvalue weighted by molar-refractivity contribution is 8.14. The summed E-state index contributed by atoms with van der Waals surface area (Å²) in [6, 6.07) is 15.9. The molecule has 6 nitrogen and oxygen atoms in total. The first-order valence-corrected chi connectivity index (χ1v) is 11.7. The second kappa shape index (κ2) is 10.1. The number of halogens is 3. The molecule has 11 heteroatoms. The number of para-hydroxylation sites is 3. The van der Waals surface area contributed by atoms with Gasteiger partial charge in [0.05, 0.1) is 17.1 Å². The van der Waals surface area contributed by atoms with E-state index < -0.39 is 18.0 Å². The molecule has 0 spiro atoms.